The smallest absolute Gasteiger partial charge is 0.134 e. The van der Waals surface area contributed by atoms with Crippen LogP contribution in [0.1, 0.15) is 82.8 Å². The Kier molecular flexibility index (Phi) is 6.26. The summed E-state index contributed by atoms with van der Waals surface area (Å²) >= 11 is 0. The predicted octanol–water partition coefficient (Wildman–Crippen LogP) is 4.63. The maximum Gasteiger partial charge on any atom is 0.134 e. The van der Waals surface area contributed by atoms with E-state index in [9.17, 15) is 0 Å². The van der Waals surface area contributed by atoms with Crippen molar-refractivity contribution in [3.63, 3.8) is 0 Å². The quantitative estimate of drug-likeness (QED) is 0.779. The SMILES string of the molecule is CCCNc1nc(C(CC)CC)nc(C)c1C(C)C. The number of nitrogens with one attached hydrogen (secondary N) is 1. The Hall–Kier alpha value is -1.12. The molecular formula is C16H29N3. The van der Waals surface area contributed by atoms with E-state index in [1.54, 1.807) is 0 Å². The van der Waals surface area contributed by atoms with Crippen LogP contribution in [-0.4, -0.2) is 16.5 Å². The standard InChI is InChI=1S/C16H29N3/c1-7-10-17-16-14(11(4)5)12(6)18-15(19-16)13(8-2)9-3/h11,13H,7-10H2,1-6H3,(H,17,18,19). The molecule has 0 aliphatic carbocycles. The molecule has 0 fully saturated rings. The van der Waals surface area contributed by atoms with Crippen LogP contribution in [0.2, 0.25) is 0 Å². The fourth-order valence-corrected chi connectivity index (χ4v) is 2.51. The molecule has 0 aliphatic rings. The van der Waals surface area contributed by atoms with Gasteiger partial charge in [-0.3, -0.25) is 0 Å². The Balaban J connectivity index is 3.21. The van der Waals surface area contributed by atoms with E-state index < -0.39 is 0 Å². The Morgan fingerprint density at radius 1 is 1.05 bits per heavy atom. The third-order valence-electron chi connectivity index (χ3n) is 3.62. The number of hydrogen-bond acceptors (Lipinski definition) is 3. The molecule has 0 saturated carbocycles. The van der Waals surface area contributed by atoms with E-state index >= 15 is 0 Å². The van der Waals surface area contributed by atoms with Crippen molar-refractivity contribution < 1.29 is 0 Å². The summed E-state index contributed by atoms with van der Waals surface area (Å²) in [4.78, 5) is 9.57. The lowest BCUT2D eigenvalue weighted by Gasteiger charge is -2.19. The molecule has 108 valence electrons. The van der Waals surface area contributed by atoms with Gasteiger partial charge in [0.15, 0.2) is 0 Å². The molecule has 0 bridgehead atoms. The minimum atomic E-state index is 0.454. The molecule has 0 amide bonds. The van der Waals surface area contributed by atoms with Gasteiger partial charge in [-0.05, 0) is 32.1 Å². The average molecular weight is 263 g/mol. The second kappa shape index (κ2) is 7.46. The van der Waals surface area contributed by atoms with Crippen molar-refractivity contribution in [2.24, 2.45) is 0 Å². The second-order valence-electron chi connectivity index (χ2n) is 5.52. The molecule has 0 aromatic carbocycles. The second-order valence-corrected chi connectivity index (χ2v) is 5.52. The van der Waals surface area contributed by atoms with Gasteiger partial charge >= 0.3 is 0 Å². The molecule has 1 N–H and O–H groups in total. The number of nitrogens with zero attached hydrogens (tertiary/aromatic N) is 2. The molecule has 0 radical (unpaired) electrons. The molecule has 3 nitrogen and oxygen atoms in total. The number of anilines is 1. The summed E-state index contributed by atoms with van der Waals surface area (Å²) < 4.78 is 0. The molecule has 3 heteroatoms. The van der Waals surface area contributed by atoms with Crippen LogP contribution in [0.25, 0.3) is 0 Å². The highest BCUT2D eigenvalue weighted by Gasteiger charge is 2.18. The molecule has 19 heavy (non-hydrogen) atoms. The number of hydrogen-bond donors (Lipinski definition) is 1. The van der Waals surface area contributed by atoms with E-state index in [1.165, 1.54) is 5.56 Å². The molecule has 1 aromatic rings. The van der Waals surface area contributed by atoms with Gasteiger partial charge in [-0.25, -0.2) is 9.97 Å². The Labute approximate surface area is 118 Å². The lowest BCUT2D eigenvalue weighted by Crippen LogP contribution is -2.13. The topological polar surface area (TPSA) is 37.8 Å². The maximum atomic E-state index is 4.81. The van der Waals surface area contributed by atoms with Gasteiger partial charge in [-0.1, -0.05) is 34.6 Å². The van der Waals surface area contributed by atoms with Crippen molar-refractivity contribution >= 4 is 5.82 Å². The van der Waals surface area contributed by atoms with Gasteiger partial charge in [0.2, 0.25) is 0 Å². The highest BCUT2D eigenvalue weighted by Crippen LogP contribution is 2.28. The Bertz CT molecular complexity index is 395. The fourth-order valence-electron chi connectivity index (χ4n) is 2.51. The Morgan fingerprint density at radius 2 is 1.68 bits per heavy atom. The van der Waals surface area contributed by atoms with Gasteiger partial charge in [0, 0.05) is 23.7 Å². The van der Waals surface area contributed by atoms with Gasteiger partial charge in [-0.15, -0.1) is 0 Å². The van der Waals surface area contributed by atoms with Crippen molar-refractivity contribution in [2.75, 3.05) is 11.9 Å². The lowest BCUT2D eigenvalue weighted by molar-refractivity contribution is 0.597. The van der Waals surface area contributed by atoms with Gasteiger partial charge in [0.05, 0.1) is 0 Å². The van der Waals surface area contributed by atoms with Crippen molar-refractivity contribution in [1.82, 2.24) is 9.97 Å². The van der Waals surface area contributed by atoms with Crippen molar-refractivity contribution in [3.05, 3.63) is 17.1 Å². The zero-order chi connectivity index (χ0) is 14.4. The summed E-state index contributed by atoms with van der Waals surface area (Å²) in [5, 5.41) is 3.48. The van der Waals surface area contributed by atoms with Gasteiger partial charge in [-0.2, -0.15) is 0 Å². The largest absolute Gasteiger partial charge is 0.370 e. The van der Waals surface area contributed by atoms with E-state index in [0.717, 1.165) is 43.1 Å². The third kappa shape index (κ3) is 3.92. The van der Waals surface area contributed by atoms with Crippen molar-refractivity contribution in [1.29, 1.82) is 0 Å². The van der Waals surface area contributed by atoms with Gasteiger partial charge in [0.1, 0.15) is 11.6 Å². The summed E-state index contributed by atoms with van der Waals surface area (Å²) in [7, 11) is 0. The van der Waals surface area contributed by atoms with E-state index in [2.05, 4.69) is 46.9 Å². The normalized spacial score (nSPS) is 11.4. The van der Waals surface area contributed by atoms with Crippen LogP contribution in [0.4, 0.5) is 5.82 Å². The summed E-state index contributed by atoms with van der Waals surface area (Å²) in [5.74, 6) is 2.98. The van der Waals surface area contributed by atoms with Crippen LogP contribution >= 0.6 is 0 Å². The minimum absolute atomic E-state index is 0.454. The van der Waals surface area contributed by atoms with E-state index in [-0.39, 0.29) is 0 Å². The zero-order valence-electron chi connectivity index (χ0n) is 13.4. The Morgan fingerprint density at radius 3 is 2.16 bits per heavy atom. The summed E-state index contributed by atoms with van der Waals surface area (Å²) in [6.45, 7) is 14.1. The minimum Gasteiger partial charge on any atom is -0.370 e. The first-order valence-corrected chi connectivity index (χ1v) is 7.67. The van der Waals surface area contributed by atoms with Crippen molar-refractivity contribution in [3.8, 4) is 0 Å². The summed E-state index contributed by atoms with van der Waals surface area (Å²) in [6.07, 6.45) is 3.31. The van der Waals surface area contributed by atoms with Crippen LogP contribution in [-0.2, 0) is 0 Å². The van der Waals surface area contributed by atoms with Crippen LogP contribution in [0.5, 0.6) is 0 Å². The molecule has 1 rings (SSSR count). The summed E-state index contributed by atoms with van der Waals surface area (Å²) in [6, 6.07) is 0. The highest BCUT2D eigenvalue weighted by atomic mass is 15.0. The maximum absolute atomic E-state index is 4.81. The van der Waals surface area contributed by atoms with E-state index in [4.69, 9.17) is 9.97 Å². The molecular weight excluding hydrogens is 234 g/mol. The first-order chi connectivity index (χ1) is 9.04. The highest BCUT2D eigenvalue weighted by molar-refractivity contribution is 5.48. The molecule has 0 aliphatic heterocycles. The molecule has 0 saturated heterocycles. The fraction of sp³-hybridized carbons (Fsp3) is 0.750. The monoisotopic (exact) mass is 263 g/mol. The average Bonchev–Trinajstić information content (AvgIpc) is 2.36. The van der Waals surface area contributed by atoms with Crippen LogP contribution in [0, 0.1) is 6.92 Å². The van der Waals surface area contributed by atoms with Crippen LogP contribution in [0.15, 0.2) is 0 Å². The first kappa shape index (κ1) is 15.9. The van der Waals surface area contributed by atoms with Gasteiger partial charge < -0.3 is 5.32 Å². The van der Waals surface area contributed by atoms with Crippen molar-refractivity contribution in [2.45, 2.75) is 72.6 Å². The third-order valence-corrected chi connectivity index (χ3v) is 3.62. The number of aryl methyl sites for hydroxylation is 1. The lowest BCUT2D eigenvalue weighted by atomic mass is 9.99. The number of rotatable bonds is 7. The van der Waals surface area contributed by atoms with Crippen LogP contribution in [0.3, 0.4) is 0 Å². The van der Waals surface area contributed by atoms with E-state index in [0.29, 0.717) is 11.8 Å². The molecule has 1 heterocycles. The first-order valence-electron chi connectivity index (χ1n) is 7.67. The van der Waals surface area contributed by atoms with Crippen LogP contribution < -0.4 is 5.32 Å². The molecule has 0 atom stereocenters. The molecule has 0 spiro atoms. The number of aromatic nitrogens is 2. The molecule has 1 aromatic heterocycles. The zero-order valence-corrected chi connectivity index (χ0v) is 13.4. The van der Waals surface area contributed by atoms with E-state index in [1.807, 2.05) is 0 Å². The summed E-state index contributed by atoms with van der Waals surface area (Å²) in [5.41, 5.74) is 2.40. The molecule has 0 unspecified atom stereocenters. The predicted molar refractivity (Wildman–Crippen MR) is 83.0 cm³/mol. The van der Waals surface area contributed by atoms with Gasteiger partial charge in [0.25, 0.3) is 0 Å².